The van der Waals surface area contributed by atoms with Gasteiger partial charge in [-0.25, -0.2) is 9.59 Å². The minimum absolute atomic E-state index is 0.132. The summed E-state index contributed by atoms with van der Waals surface area (Å²) in [4.78, 5) is 35.1. The van der Waals surface area contributed by atoms with Crippen molar-refractivity contribution in [2.75, 3.05) is 6.61 Å². The Balaban J connectivity index is 2.07. The Morgan fingerprint density at radius 3 is 2.64 bits per heavy atom. The van der Waals surface area contributed by atoms with Gasteiger partial charge in [-0.2, -0.15) is 0 Å². The maximum atomic E-state index is 12.0. The van der Waals surface area contributed by atoms with Gasteiger partial charge in [0.05, 0.1) is 0 Å². The van der Waals surface area contributed by atoms with Crippen LogP contribution in [-0.4, -0.2) is 29.6 Å². The number of hydrogen-bond donors (Lipinski definition) is 2. The number of nitrogens with one attached hydrogen (secondary N) is 1. The molecule has 0 saturated carbocycles. The Kier molecular flexibility index (Phi) is 7.61. The Labute approximate surface area is 163 Å². The number of aliphatic carboxylic acids is 1. The molecule has 2 N–H and O–H groups in total. The number of rotatable bonds is 10. The van der Waals surface area contributed by atoms with Gasteiger partial charge in [0, 0.05) is 17.5 Å². The average molecular weight is 389 g/mol. The lowest BCUT2D eigenvalue weighted by Gasteiger charge is -2.16. The fourth-order valence-corrected chi connectivity index (χ4v) is 2.95. The lowest BCUT2D eigenvalue weighted by Crippen LogP contribution is -2.43. The predicted molar refractivity (Wildman–Crippen MR) is 106 cm³/mol. The molecule has 152 valence electrons. The highest BCUT2D eigenvalue weighted by molar-refractivity contribution is 5.85. The molecule has 0 aliphatic heterocycles. The second kappa shape index (κ2) is 9.92. The van der Waals surface area contributed by atoms with Gasteiger partial charge in [-0.1, -0.05) is 27.2 Å². The van der Waals surface area contributed by atoms with Crippen molar-refractivity contribution in [3.63, 3.8) is 0 Å². The molecular weight excluding hydrogens is 362 g/mol. The molecule has 1 aromatic heterocycles. The fourth-order valence-electron chi connectivity index (χ4n) is 2.95. The first-order valence-electron chi connectivity index (χ1n) is 9.52. The molecule has 0 aliphatic rings. The number of carbonyl (C=O) groups is 2. The molecule has 1 aromatic carbocycles. The number of carboxylic acid groups (broad SMARTS) is 1. The van der Waals surface area contributed by atoms with Gasteiger partial charge >= 0.3 is 11.6 Å². The van der Waals surface area contributed by atoms with Crippen molar-refractivity contribution in [3.8, 4) is 5.75 Å². The van der Waals surface area contributed by atoms with Crippen LogP contribution < -0.4 is 15.7 Å². The molecule has 7 heteroatoms. The highest BCUT2D eigenvalue weighted by atomic mass is 16.5. The van der Waals surface area contributed by atoms with Crippen LogP contribution in [0, 0.1) is 5.92 Å². The average Bonchev–Trinajstić information content (AvgIpc) is 2.63. The highest BCUT2D eigenvalue weighted by Crippen LogP contribution is 2.23. The van der Waals surface area contributed by atoms with E-state index in [1.165, 1.54) is 6.07 Å². The number of amides is 1. The van der Waals surface area contributed by atoms with E-state index in [4.69, 9.17) is 9.15 Å². The van der Waals surface area contributed by atoms with Crippen LogP contribution in [-0.2, 0) is 16.0 Å². The van der Waals surface area contributed by atoms with E-state index in [1.807, 2.05) is 13.8 Å². The van der Waals surface area contributed by atoms with Crippen LogP contribution in [0.15, 0.2) is 33.5 Å². The normalized spacial score (nSPS) is 12.1. The van der Waals surface area contributed by atoms with E-state index >= 15 is 0 Å². The summed E-state index contributed by atoms with van der Waals surface area (Å²) in [6.07, 6.45) is 3.11. The Morgan fingerprint density at radius 2 is 2.00 bits per heavy atom. The van der Waals surface area contributed by atoms with Gasteiger partial charge in [-0.15, -0.1) is 0 Å². The number of unbranched alkanes of at least 4 members (excludes halogenated alkanes) is 1. The summed E-state index contributed by atoms with van der Waals surface area (Å²) in [5, 5.41) is 12.5. The molecule has 1 heterocycles. The van der Waals surface area contributed by atoms with E-state index in [9.17, 15) is 19.5 Å². The predicted octanol–water partition coefficient (Wildman–Crippen LogP) is 3.13. The van der Waals surface area contributed by atoms with Crippen LogP contribution >= 0.6 is 0 Å². The third-order valence-electron chi connectivity index (χ3n) is 4.31. The second-order valence-corrected chi connectivity index (χ2v) is 7.23. The quantitative estimate of drug-likeness (QED) is 0.605. The van der Waals surface area contributed by atoms with Crippen LogP contribution in [0.4, 0.5) is 0 Å². The number of carbonyl (C=O) groups excluding carboxylic acids is 1. The smallest absolute Gasteiger partial charge is 0.336 e. The molecule has 2 aromatic rings. The molecule has 1 atom stereocenters. The summed E-state index contributed by atoms with van der Waals surface area (Å²) < 4.78 is 10.7. The number of hydrogen-bond acceptors (Lipinski definition) is 5. The van der Waals surface area contributed by atoms with E-state index in [0.717, 1.165) is 30.2 Å². The Hall–Kier alpha value is -2.83. The molecule has 1 unspecified atom stereocenters. The molecule has 0 aliphatic carbocycles. The van der Waals surface area contributed by atoms with Crippen LogP contribution in [0.3, 0.4) is 0 Å². The maximum absolute atomic E-state index is 12.0. The van der Waals surface area contributed by atoms with Gasteiger partial charge in [0.25, 0.3) is 5.91 Å². The van der Waals surface area contributed by atoms with Gasteiger partial charge in [-0.05, 0) is 42.9 Å². The maximum Gasteiger partial charge on any atom is 0.336 e. The first kappa shape index (κ1) is 21.5. The van der Waals surface area contributed by atoms with Gasteiger partial charge in [0.1, 0.15) is 17.4 Å². The molecule has 0 fully saturated rings. The van der Waals surface area contributed by atoms with Gasteiger partial charge in [-0.3, -0.25) is 4.79 Å². The van der Waals surface area contributed by atoms with Gasteiger partial charge in [0.2, 0.25) is 0 Å². The number of fused-ring (bicyclic) bond motifs is 1. The molecule has 0 radical (unpaired) electrons. The molecule has 28 heavy (non-hydrogen) atoms. The summed E-state index contributed by atoms with van der Waals surface area (Å²) in [6.45, 7) is 5.53. The summed E-state index contributed by atoms with van der Waals surface area (Å²) in [7, 11) is 0. The van der Waals surface area contributed by atoms with Crippen molar-refractivity contribution in [1.82, 2.24) is 5.32 Å². The first-order chi connectivity index (χ1) is 13.3. The standard InChI is InChI=1S/C21H27NO6/c1-4-5-6-14-10-20(24)28-18-11-15(7-8-16(14)18)27-12-19(23)22-17(21(25)26)9-13(2)3/h7-8,10-11,13,17H,4-6,9,12H2,1-3H3,(H,22,23)(H,25,26). The monoisotopic (exact) mass is 389 g/mol. The van der Waals surface area contributed by atoms with Crippen LogP contribution in [0.25, 0.3) is 11.0 Å². The van der Waals surface area contributed by atoms with Crippen LogP contribution in [0.2, 0.25) is 0 Å². The first-order valence-corrected chi connectivity index (χ1v) is 9.52. The van der Waals surface area contributed by atoms with Crippen molar-refractivity contribution in [1.29, 1.82) is 0 Å². The second-order valence-electron chi connectivity index (χ2n) is 7.23. The van der Waals surface area contributed by atoms with Gasteiger partial charge in [0.15, 0.2) is 6.61 Å². The third kappa shape index (κ3) is 6.11. The SMILES string of the molecule is CCCCc1cc(=O)oc2cc(OCC(=O)NC(CC(C)C)C(=O)O)ccc12. The minimum atomic E-state index is -1.07. The molecular formula is C21H27NO6. The molecule has 7 nitrogen and oxygen atoms in total. The van der Waals surface area contributed by atoms with E-state index < -0.39 is 23.5 Å². The molecule has 0 bridgehead atoms. The zero-order chi connectivity index (χ0) is 20.7. The topological polar surface area (TPSA) is 106 Å². The highest BCUT2D eigenvalue weighted by Gasteiger charge is 2.21. The molecule has 1 amide bonds. The summed E-state index contributed by atoms with van der Waals surface area (Å²) in [5.41, 5.74) is 0.904. The number of benzene rings is 1. The van der Waals surface area contributed by atoms with E-state index in [0.29, 0.717) is 17.8 Å². The summed E-state index contributed by atoms with van der Waals surface area (Å²) >= 11 is 0. The van der Waals surface area contributed by atoms with Crippen LogP contribution in [0.1, 0.15) is 45.6 Å². The lowest BCUT2D eigenvalue weighted by atomic mass is 10.0. The van der Waals surface area contributed by atoms with Crippen molar-refractivity contribution in [3.05, 3.63) is 40.2 Å². The number of aryl methyl sites for hydroxylation is 1. The summed E-state index contributed by atoms with van der Waals surface area (Å²) in [6, 6.07) is 5.63. The third-order valence-corrected chi connectivity index (χ3v) is 4.31. The van der Waals surface area contributed by atoms with Crippen molar-refractivity contribution < 1.29 is 23.8 Å². The van der Waals surface area contributed by atoms with Crippen LogP contribution in [0.5, 0.6) is 5.75 Å². The Bertz CT molecular complexity index is 886. The summed E-state index contributed by atoms with van der Waals surface area (Å²) in [5.74, 6) is -1.10. The van der Waals surface area contributed by atoms with E-state index in [-0.39, 0.29) is 12.5 Å². The molecule has 0 spiro atoms. The number of carboxylic acids is 1. The van der Waals surface area contributed by atoms with Crippen molar-refractivity contribution in [2.24, 2.45) is 5.92 Å². The Morgan fingerprint density at radius 1 is 1.25 bits per heavy atom. The van der Waals surface area contributed by atoms with Gasteiger partial charge < -0.3 is 19.6 Å². The zero-order valence-corrected chi connectivity index (χ0v) is 16.5. The fraction of sp³-hybridized carbons (Fsp3) is 0.476. The van der Waals surface area contributed by atoms with Crippen molar-refractivity contribution in [2.45, 2.75) is 52.5 Å². The van der Waals surface area contributed by atoms with E-state index in [1.54, 1.807) is 18.2 Å². The molecule has 0 saturated heterocycles. The lowest BCUT2D eigenvalue weighted by molar-refractivity contribution is -0.142. The van der Waals surface area contributed by atoms with E-state index in [2.05, 4.69) is 12.2 Å². The zero-order valence-electron chi connectivity index (χ0n) is 16.5. The minimum Gasteiger partial charge on any atom is -0.484 e. The molecule has 2 rings (SSSR count). The largest absolute Gasteiger partial charge is 0.484 e. The number of ether oxygens (including phenoxy) is 1. The van der Waals surface area contributed by atoms with Crippen molar-refractivity contribution >= 4 is 22.8 Å².